The van der Waals surface area contributed by atoms with E-state index in [0.717, 1.165) is 12.0 Å². The number of carbonyl (C=O) groups excluding carboxylic acids is 2. The molecule has 5 heteroatoms. The molecular formula is C25H20O5. The van der Waals surface area contributed by atoms with E-state index < -0.39 is 5.97 Å². The monoisotopic (exact) mass is 400 g/mol. The molecule has 5 nitrogen and oxygen atoms in total. The number of rotatable bonds is 5. The highest BCUT2D eigenvalue weighted by atomic mass is 16.5. The van der Waals surface area contributed by atoms with Gasteiger partial charge in [0.1, 0.15) is 17.2 Å². The van der Waals surface area contributed by atoms with E-state index in [9.17, 15) is 9.59 Å². The molecule has 0 radical (unpaired) electrons. The highest BCUT2D eigenvalue weighted by Gasteiger charge is 2.28. The molecule has 0 saturated carbocycles. The van der Waals surface area contributed by atoms with Gasteiger partial charge in [0.2, 0.25) is 5.78 Å². The van der Waals surface area contributed by atoms with Crippen molar-refractivity contribution < 1.29 is 23.8 Å². The summed E-state index contributed by atoms with van der Waals surface area (Å²) >= 11 is 0. The zero-order chi connectivity index (χ0) is 21.1. The summed E-state index contributed by atoms with van der Waals surface area (Å²) in [6, 6.07) is 19.4. The van der Waals surface area contributed by atoms with Crippen LogP contribution in [0.3, 0.4) is 0 Å². The number of aryl methyl sites for hydroxylation is 1. The fourth-order valence-electron chi connectivity index (χ4n) is 3.15. The van der Waals surface area contributed by atoms with Crippen LogP contribution < -0.4 is 14.2 Å². The van der Waals surface area contributed by atoms with Crippen LogP contribution in [-0.4, -0.2) is 18.9 Å². The zero-order valence-electron chi connectivity index (χ0n) is 16.7. The minimum absolute atomic E-state index is 0.199. The lowest BCUT2D eigenvalue weighted by atomic mass is 10.1. The van der Waals surface area contributed by atoms with Gasteiger partial charge in [0.25, 0.3) is 0 Å². The fourth-order valence-corrected chi connectivity index (χ4v) is 3.15. The van der Waals surface area contributed by atoms with Crippen LogP contribution in [0.2, 0.25) is 0 Å². The molecule has 0 bridgehead atoms. The van der Waals surface area contributed by atoms with E-state index in [4.69, 9.17) is 14.2 Å². The van der Waals surface area contributed by atoms with E-state index in [1.165, 1.54) is 12.7 Å². The lowest BCUT2D eigenvalue weighted by molar-refractivity contribution is 0.0734. The molecule has 0 amide bonds. The first kappa shape index (κ1) is 19.5. The smallest absolute Gasteiger partial charge is 0.343 e. The van der Waals surface area contributed by atoms with Crippen LogP contribution in [0.4, 0.5) is 0 Å². The van der Waals surface area contributed by atoms with E-state index in [-0.39, 0.29) is 11.5 Å². The van der Waals surface area contributed by atoms with Crippen LogP contribution in [0.5, 0.6) is 17.2 Å². The van der Waals surface area contributed by atoms with Crippen molar-refractivity contribution in [2.75, 3.05) is 7.11 Å². The van der Waals surface area contributed by atoms with Crippen LogP contribution in [0.1, 0.15) is 38.8 Å². The molecule has 3 aromatic rings. The van der Waals surface area contributed by atoms with Crippen LogP contribution in [0, 0.1) is 0 Å². The van der Waals surface area contributed by atoms with Crippen molar-refractivity contribution in [1.82, 2.24) is 0 Å². The Morgan fingerprint density at radius 2 is 1.80 bits per heavy atom. The van der Waals surface area contributed by atoms with E-state index >= 15 is 0 Å². The van der Waals surface area contributed by atoms with Crippen LogP contribution in [0.25, 0.3) is 6.08 Å². The highest BCUT2D eigenvalue weighted by Crippen LogP contribution is 2.35. The van der Waals surface area contributed by atoms with Crippen molar-refractivity contribution in [3.63, 3.8) is 0 Å². The summed E-state index contributed by atoms with van der Waals surface area (Å²) in [6.45, 7) is 2.09. The molecule has 0 atom stereocenters. The van der Waals surface area contributed by atoms with Gasteiger partial charge in [0.05, 0.1) is 18.2 Å². The van der Waals surface area contributed by atoms with Crippen molar-refractivity contribution in [2.45, 2.75) is 13.3 Å². The maximum absolute atomic E-state index is 12.6. The standard InChI is InChI=1S/C25H20O5/c1-3-16-7-9-17(10-8-16)13-23-24(26)21-12-11-20(15-22(21)30-23)29-25(27)18-5-4-6-19(14-18)28-2/h4-15H,3H2,1-2H3/b23-13-. The molecule has 0 aromatic heterocycles. The molecule has 1 aliphatic rings. The second-order valence-corrected chi connectivity index (χ2v) is 6.81. The van der Waals surface area contributed by atoms with Gasteiger partial charge in [-0.1, -0.05) is 37.3 Å². The number of fused-ring (bicyclic) bond motifs is 1. The summed E-state index contributed by atoms with van der Waals surface area (Å²) in [6.07, 6.45) is 2.67. The topological polar surface area (TPSA) is 61.8 Å². The molecule has 150 valence electrons. The number of benzene rings is 3. The minimum atomic E-state index is -0.523. The SMILES string of the molecule is CCc1ccc(/C=C2\Oc3cc(OC(=O)c4cccc(OC)c4)ccc3C2=O)cc1. The van der Waals surface area contributed by atoms with Crippen molar-refractivity contribution in [2.24, 2.45) is 0 Å². The first-order chi connectivity index (χ1) is 14.6. The third-order valence-corrected chi connectivity index (χ3v) is 4.84. The van der Waals surface area contributed by atoms with Crippen LogP contribution >= 0.6 is 0 Å². The summed E-state index contributed by atoms with van der Waals surface area (Å²) in [7, 11) is 1.53. The summed E-state index contributed by atoms with van der Waals surface area (Å²) in [5, 5.41) is 0. The third-order valence-electron chi connectivity index (χ3n) is 4.84. The molecule has 30 heavy (non-hydrogen) atoms. The molecule has 3 aromatic carbocycles. The molecule has 0 N–H and O–H groups in total. The van der Waals surface area contributed by atoms with Gasteiger partial charge in [-0.05, 0) is 54.0 Å². The lowest BCUT2D eigenvalue weighted by Gasteiger charge is -2.07. The summed E-state index contributed by atoms with van der Waals surface area (Å²) in [5.41, 5.74) is 2.91. The van der Waals surface area contributed by atoms with Gasteiger partial charge in [0, 0.05) is 6.07 Å². The molecular weight excluding hydrogens is 380 g/mol. The molecule has 1 aliphatic heterocycles. The quantitative estimate of drug-likeness (QED) is 0.339. The molecule has 4 rings (SSSR count). The Kier molecular flexibility index (Phi) is 5.35. The van der Waals surface area contributed by atoms with E-state index in [0.29, 0.717) is 28.4 Å². The number of hydrogen-bond donors (Lipinski definition) is 0. The first-order valence-electron chi connectivity index (χ1n) is 9.61. The Bertz CT molecular complexity index is 1140. The Balaban J connectivity index is 1.52. The van der Waals surface area contributed by atoms with Gasteiger partial charge in [0.15, 0.2) is 5.76 Å². The Labute approximate surface area is 174 Å². The number of methoxy groups -OCH3 is 1. The van der Waals surface area contributed by atoms with Gasteiger partial charge < -0.3 is 14.2 Å². The molecule has 0 saturated heterocycles. The predicted octanol–water partition coefficient (Wildman–Crippen LogP) is 5.09. The van der Waals surface area contributed by atoms with E-state index in [2.05, 4.69) is 6.92 Å². The number of allylic oxidation sites excluding steroid dienone is 1. The van der Waals surface area contributed by atoms with Crippen molar-refractivity contribution in [1.29, 1.82) is 0 Å². The summed E-state index contributed by atoms with van der Waals surface area (Å²) in [5.74, 6) is 0.745. The average molecular weight is 400 g/mol. The predicted molar refractivity (Wildman–Crippen MR) is 113 cm³/mol. The zero-order valence-corrected chi connectivity index (χ0v) is 16.7. The Morgan fingerprint density at radius 3 is 2.53 bits per heavy atom. The van der Waals surface area contributed by atoms with Crippen LogP contribution in [0.15, 0.2) is 72.5 Å². The van der Waals surface area contributed by atoms with Gasteiger partial charge in [-0.2, -0.15) is 0 Å². The average Bonchev–Trinajstić information content (AvgIpc) is 3.08. The van der Waals surface area contributed by atoms with Gasteiger partial charge in [-0.25, -0.2) is 4.79 Å². The fraction of sp³-hybridized carbons (Fsp3) is 0.120. The summed E-state index contributed by atoms with van der Waals surface area (Å²) < 4.78 is 16.3. The minimum Gasteiger partial charge on any atom is -0.497 e. The molecule has 1 heterocycles. The number of ether oxygens (including phenoxy) is 3. The second-order valence-electron chi connectivity index (χ2n) is 6.81. The number of esters is 1. The molecule has 0 fully saturated rings. The maximum Gasteiger partial charge on any atom is 0.343 e. The summed E-state index contributed by atoms with van der Waals surface area (Å²) in [4.78, 5) is 25.0. The molecule has 0 unspecified atom stereocenters. The van der Waals surface area contributed by atoms with Crippen molar-refractivity contribution >= 4 is 17.8 Å². The van der Waals surface area contributed by atoms with Gasteiger partial charge in [-0.3, -0.25) is 4.79 Å². The number of carbonyl (C=O) groups is 2. The Hall–Kier alpha value is -3.86. The number of Topliss-reactive ketones (excluding diaryl/α,β-unsaturated/α-hetero) is 1. The first-order valence-corrected chi connectivity index (χ1v) is 9.61. The number of hydrogen-bond acceptors (Lipinski definition) is 5. The van der Waals surface area contributed by atoms with Crippen molar-refractivity contribution in [3.8, 4) is 17.2 Å². The number of ketones is 1. The normalized spacial score (nSPS) is 13.7. The lowest BCUT2D eigenvalue weighted by Crippen LogP contribution is -2.08. The van der Waals surface area contributed by atoms with Gasteiger partial charge in [-0.15, -0.1) is 0 Å². The van der Waals surface area contributed by atoms with E-state index in [1.807, 2.05) is 24.3 Å². The second kappa shape index (κ2) is 8.25. The van der Waals surface area contributed by atoms with E-state index in [1.54, 1.807) is 48.5 Å². The maximum atomic E-state index is 12.6. The highest BCUT2D eigenvalue weighted by molar-refractivity contribution is 6.14. The Morgan fingerprint density at radius 1 is 1.00 bits per heavy atom. The van der Waals surface area contributed by atoms with Gasteiger partial charge >= 0.3 is 5.97 Å². The largest absolute Gasteiger partial charge is 0.497 e. The van der Waals surface area contributed by atoms with Crippen molar-refractivity contribution in [3.05, 3.63) is 94.7 Å². The molecule has 0 spiro atoms. The third kappa shape index (κ3) is 3.96. The molecule has 0 aliphatic carbocycles. The van der Waals surface area contributed by atoms with Crippen LogP contribution in [-0.2, 0) is 6.42 Å².